The van der Waals surface area contributed by atoms with Crippen molar-refractivity contribution in [3.05, 3.63) is 0 Å². The molecule has 0 aliphatic rings. The van der Waals surface area contributed by atoms with E-state index in [4.69, 9.17) is 0 Å². The second-order valence-corrected chi connectivity index (χ2v) is 9.00. The predicted molar refractivity (Wildman–Crippen MR) is 52.4 cm³/mol. The van der Waals surface area contributed by atoms with Gasteiger partial charge in [0.25, 0.3) is 0 Å². The second kappa shape index (κ2) is 12.7. The Bertz CT molecular complexity index is 26.5. The van der Waals surface area contributed by atoms with E-state index in [1.807, 2.05) is 0 Å². The molecule has 0 N–H and O–H groups in total. The van der Waals surface area contributed by atoms with Crippen molar-refractivity contribution in [2.75, 3.05) is 0 Å². The van der Waals surface area contributed by atoms with E-state index in [1.54, 1.807) is 0 Å². The summed E-state index contributed by atoms with van der Waals surface area (Å²) in [5.41, 5.74) is 0. The molecule has 0 amide bonds. The molecule has 0 fully saturated rings. The normalized spacial score (nSPS) is 8.00. The van der Waals surface area contributed by atoms with Crippen LogP contribution in [-0.4, -0.2) is 69.0 Å². The van der Waals surface area contributed by atoms with Gasteiger partial charge >= 0.3 is 0 Å². The van der Waals surface area contributed by atoms with E-state index in [9.17, 15) is 0 Å². The van der Waals surface area contributed by atoms with Crippen molar-refractivity contribution in [3.63, 3.8) is 0 Å². The molecular formula is C6H18KSi2. The van der Waals surface area contributed by atoms with Crippen molar-refractivity contribution in [1.82, 2.24) is 0 Å². The minimum absolute atomic E-state index is 0. The first-order chi connectivity index (χ1) is 3.46. The zero-order chi connectivity index (χ0) is 7.15. The Morgan fingerprint density at radius 3 is 0.556 bits per heavy atom. The molecule has 0 heterocycles. The molecule has 0 aromatic carbocycles. The molecule has 0 aromatic rings. The molecule has 0 atom stereocenters. The predicted octanol–water partition coefficient (Wildman–Crippen LogP) is 2.36. The number of hydrogen-bond acceptors (Lipinski definition) is 0. The van der Waals surface area contributed by atoms with Crippen molar-refractivity contribution in [1.29, 1.82) is 0 Å². The first kappa shape index (κ1) is 17.2. The summed E-state index contributed by atoms with van der Waals surface area (Å²) in [4.78, 5) is 0. The van der Waals surface area contributed by atoms with Gasteiger partial charge < -0.3 is 0 Å². The van der Waals surface area contributed by atoms with Crippen LogP contribution in [0.3, 0.4) is 0 Å². The van der Waals surface area contributed by atoms with Gasteiger partial charge in [0.2, 0.25) is 0 Å². The quantitative estimate of drug-likeness (QED) is 0.508. The Balaban J connectivity index is -0.0000000720. The van der Waals surface area contributed by atoms with Crippen LogP contribution in [0.5, 0.6) is 0 Å². The minimum Gasteiger partial charge on any atom is -0.0715 e. The summed E-state index contributed by atoms with van der Waals surface area (Å²) in [6, 6.07) is 0. The Hall–Kier alpha value is 2.07. The van der Waals surface area contributed by atoms with Gasteiger partial charge in [-0.25, -0.2) is 0 Å². The van der Waals surface area contributed by atoms with Crippen LogP contribution in [0, 0.1) is 0 Å². The van der Waals surface area contributed by atoms with E-state index in [-0.39, 0.29) is 69.0 Å². The summed E-state index contributed by atoms with van der Waals surface area (Å²) in [6.07, 6.45) is 0. The third kappa shape index (κ3) is 153. The summed E-state index contributed by atoms with van der Waals surface area (Å²) in [5, 5.41) is 0. The fourth-order valence-corrected chi connectivity index (χ4v) is 0. The molecule has 51 valence electrons. The van der Waals surface area contributed by atoms with Crippen molar-refractivity contribution < 1.29 is 0 Å². The van der Waals surface area contributed by atoms with Crippen LogP contribution in [0.2, 0.25) is 39.3 Å². The van der Waals surface area contributed by atoms with Crippen molar-refractivity contribution in [3.8, 4) is 0 Å². The topological polar surface area (TPSA) is 0 Å². The maximum absolute atomic E-state index is 2.27. The molecular weight excluding hydrogens is 167 g/mol. The number of rotatable bonds is 0. The zero-order valence-electron chi connectivity index (χ0n) is 8.00. The van der Waals surface area contributed by atoms with Crippen molar-refractivity contribution in [2.45, 2.75) is 39.3 Å². The SMILES string of the molecule is C[Si](C)C.C[Si](C)C.[K]. The molecule has 0 unspecified atom stereocenters. The maximum Gasteiger partial charge on any atom is 0.0379 e. The van der Waals surface area contributed by atoms with Gasteiger partial charge in [-0.1, -0.05) is 39.3 Å². The van der Waals surface area contributed by atoms with Crippen molar-refractivity contribution in [2.24, 2.45) is 0 Å². The van der Waals surface area contributed by atoms with Gasteiger partial charge in [0.05, 0.1) is 0 Å². The van der Waals surface area contributed by atoms with Gasteiger partial charge in [-0.05, 0) is 0 Å². The third-order valence-electron chi connectivity index (χ3n) is 0. The average molecular weight is 185 g/mol. The molecule has 0 aromatic heterocycles. The molecule has 0 bridgehead atoms. The summed E-state index contributed by atoms with van der Waals surface area (Å²) in [5.74, 6) is 0. The van der Waals surface area contributed by atoms with Crippen LogP contribution in [0.15, 0.2) is 0 Å². The molecule has 0 saturated heterocycles. The number of hydrogen-bond donors (Lipinski definition) is 0. The van der Waals surface area contributed by atoms with Crippen LogP contribution >= 0.6 is 0 Å². The molecule has 0 aliphatic heterocycles. The Morgan fingerprint density at radius 1 is 0.556 bits per heavy atom. The molecule has 3 heteroatoms. The van der Waals surface area contributed by atoms with Gasteiger partial charge in [-0.3, -0.25) is 0 Å². The van der Waals surface area contributed by atoms with Gasteiger partial charge in [0.1, 0.15) is 0 Å². The van der Waals surface area contributed by atoms with Gasteiger partial charge in [0.15, 0.2) is 0 Å². The first-order valence-corrected chi connectivity index (χ1v) is 9.00. The minimum atomic E-state index is 0. The van der Waals surface area contributed by atoms with Gasteiger partial charge in [0, 0.05) is 69.0 Å². The third-order valence-corrected chi connectivity index (χ3v) is 0. The summed E-state index contributed by atoms with van der Waals surface area (Å²) >= 11 is 0. The van der Waals surface area contributed by atoms with Gasteiger partial charge in [-0.2, -0.15) is 0 Å². The average Bonchev–Trinajstić information content (AvgIpc) is 1.25. The smallest absolute Gasteiger partial charge is 0.0379 e. The summed E-state index contributed by atoms with van der Waals surface area (Å²) in [7, 11) is 0.241. The molecule has 0 nitrogen and oxygen atoms in total. The van der Waals surface area contributed by atoms with E-state index >= 15 is 0 Å². The molecule has 3 radical (unpaired) electrons. The van der Waals surface area contributed by atoms with E-state index in [1.165, 1.54) is 0 Å². The largest absolute Gasteiger partial charge is 0.0715 e. The maximum atomic E-state index is 2.27. The zero-order valence-corrected chi connectivity index (χ0v) is 13.1. The van der Waals surface area contributed by atoms with Gasteiger partial charge in [-0.15, -0.1) is 0 Å². The van der Waals surface area contributed by atoms with Crippen LogP contribution in [0.4, 0.5) is 0 Å². The van der Waals surface area contributed by atoms with Crippen LogP contribution in [-0.2, 0) is 0 Å². The van der Waals surface area contributed by atoms with E-state index in [2.05, 4.69) is 39.3 Å². The molecule has 0 spiro atoms. The van der Waals surface area contributed by atoms with Crippen LogP contribution < -0.4 is 0 Å². The molecule has 0 aliphatic carbocycles. The van der Waals surface area contributed by atoms with Crippen molar-refractivity contribution >= 4 is 69.0 Å². The molecule has 0 saturated carbocycles. The Labute approximate surface area is 106 Å². The monoisotopic (exact) mass is 185 g/mol. The van der Waals surface area contributed by atoms with Crippen LogP contribution in [0.25, 0.3) is 0 Å². The van der Waals surface area contributed by atoms with E-state index in [0.717, 1.165) is 0 Å². The Morgan fingerprint density at radius 2 is 0.556 bits per heavy atom. The van der Waals surface area contributed by atoms with E-state index < -0.39 is 0 Å². The second-order valence-electron chi connectivity index (χ2n) is 3.00. The summed E-state index contributed by atoms with van der Waals surface area (Å²) in [6.45, 7) is 13.6. The Kier molecular flexibility index (Phi) is 24.4. The fraction of sp³-hybridized carbons (Fsp3) is 1.00. The van der Waals surface area contributed by atoms with Crippen LogP contribution in [0.1, 0.15) is 0 Å². The summed E-state index contributed by atoms with van der Waals surface area (Å²) < 4.78 is 0. The first-order valence-electron chi connectivity index (χ1n) is 3.00. The standard InChI is InChI=1S/2C3H9Si.K/c2*1-4(2)3;/h2*1-3H3;. The molecule has 9 heavy (non-hydrogen) atoms. The fourth-order valence-electron chi connectivity index (χ4n) is 0. The molecule has 0 rings (SSSR count). The van der Waals surface area contributed by atoms with E-state index in [0.29, 0.717) is 0 Å².